The molecule has 3 nitrogen and oxygen atoms in total. The second-order valence-electron chi connectivity index (χ2n) is 6.15. The lowest BCUT2D eigenvalue weighted by Crippen LogP contribution is -2.49. The summed E-state index contributed by atoms with van der Waals surface area (Å²) in [5.74, 6) is 0.451. The molecule has 118 valence electrons. The van der Waals surface area contributed by atoms with Gasteiger partial charge in [0.15, 0.2) is 0 Å². The molecule has 0 saturated carbocycles. The number of nitrogens with two attached hydrogens (primary N) is 1. The van der Waals surface area contributed by atoms with Crippen molar-refractivity contribution >= 4 is 11.6 Å². The molecule has 1 atom stereocenters. The van der Waals surface area contributed by atoms with Crippen molar-refractivity contribution in [2.45, 2.75) is 19.9 Å². The smallest absolute Gasteiger partial charge is 0.128 e. The van der Waals surface area contributed by atoms with Gasteiger partial charge in [-0.2, -0.15) is 0 Å². The third-order valence-corrected chi connectivity index (χ3v) is 4.25. The van der Waals surface area contributed by atoms with Crippen LogP contribution < -0.4 is 5.73 Å². The highest BCUT2D eigenvalue weighted by molar-refractivity contribution is 6.30. The zero-order valence-corrected chi connectivity index (χ0v) is 13.6. The van der Waals surface area contributed by atoms with Crippen LogP contribution in [0.2, 0.25) is 5.02 Å². The Morgan fingerprint density at radius 3 is 2.48 bits per heavy atom. The number of benzene rings is 1. The van der Waals surface area contributed by atoms with Crippen molar-refractivity contribution in [3.8, 4) is 0 Å². The summed E-state index contributed by atoms with van der Waals surface area (Å²) in [7, 11) is 0. The SMILES string of the molecule is CC(C)CN1CCN(C(CN)c2cc(Cl)ccc2F)CC1. The molecular weight excluding hydrogens is 289 g/mol. The Hall–Kier alpha value is -0.680. The first-order chi connectivity index (χ1) is 10.0. The van der Waals surface area contributed by atoms with E-state index in [0.29, 0.717) is 23.0 Å². The molecule has 1 aliphatic heterocycles. The maximum Gasteiger partial charge on any atom is 0.128 e. The Labute approximate surface area is 131 Å². The van der Waals surface area contributed by atoms with Crippen LogP contribution in [-0.2, 0) is 0 Å². The minimum Gasteiger partial charge on any atom is -0.329 e. The van der Waals surface area contributed by atoms with Crippen molar-refractivity contribution in [2.24, 2.45) is 11.7 Å². The molecule has 5 heteroatoms. The second kappa shape index (κ2) is 7.54. The van der Waals surface area contributed by atoms with Gasteiger partial charge in [-0.25, -0.2) is 4.39 Å². The quantitative estimate of drug-likeness (QED) is 0.907. The normalized spacial score (nSPS) is 19.1. The van der Waals surface area contributed by atoms with Crippen LogP contribution in [0.5, 0.6) is 0 Å². The van der Waals surface area contributed by atoms with Gasteiger partial charge in [0.2, 0.25) is 0 Å². The first-order valence-electron chi connectivity index (χ1n) is 7.62. The lowest BCUT2D eigenvalue weighted by molar-refractivity contribution is 0.0899. The van der Waals surface area contributed by atoms with E-state index in [-0.39, 0.29) is 11.9 Å². The number of halogens is 2. The van der Waals surface area contributed by atoms with Crippen molar-refractivity contribution in [3.63, 3.8) is 0 Å². The molecule has 2 rings (SSSR count). The van der Waals surface area contributed by atoms with Gasteiger partial charge in [-0.3, -0.25) is 4.90 Å². The molecule has 0 radical (unpaired) electrons. The van der Waals surface area contributed by atoms with Gasteiger partial charge in [0, 0.05) is 49.9 Å². The molecule has 1 saturated heterocycles. The highest BCUT2D eigenvalue weighted by Gasteiger charge is 2.26. The fourth-order valence-electron chi connectivity index (χ4n) is 3.02. The van der Waals surface area contributed by atoms with E-state index in [1.165, 1.54) is 6.07 Å². The van der Waals surface area contributed by atoms with E-state index in [1.54, 1.807) is 12.1 Å². The van der Waals surface area contributed by atoms with Crippen molar-refractivity contribution < 1.29 is 4.39 Å². The number of nitrogens with zero attached hydrogens (tertiary/aromatic N) is 2. The van der Waals surface area contributed by atoms with Crippen LogP contribution >= 0.6 is 11.6 Å². The van der Waals surface area contributed by atoms with E-state index in [4.69, 9.17) is 17.3 Å². The number of rotatable bonds is 5. The summed E-state index contributed by atoms with van der Waals surface area (Å²) in [5.41, 5.74) is 6.52. The Kier molecular flexibility index (Phi) is 5.99. The molecule has 1 aromatic rings. The molecule has 0 amide bonds. The summed E-state index contributed by atoms with van der Waals surface area (Å²) in [6.07, 6.45) is 0. The number of hydrogen-bond acceptors (Lipinski definition) is 3. The number of piperazine rings is 1. The zero-order valence-electron chi connectivity index (χ0n) is 12.9. The molecule has 2 N–H and O–H groups in total. The van der Waals surface area contributed by atoms with Gasteiger partial charge in [-0.15, -0.1) is 0 Å². The van der Waals surface area contributed by atoms with Crippen molar-refractivity contribution in [1.29, 1.82) is 0 Å². The van der Waals surface area contributed by atoms with Crippen molar-refractivity contribution in [2.75, 3.05) is 39.3 Å². The number of hydrogen-bond donors (Lipinski definition) is 1. The van der Waals surface area contributed by atoms with E-state index in [9.17, 15) is 4.39 Å². The molecular formula is C16H25ClFN3. The third-order valence-electron chi connectivity index (χ3n) is 4.01. The predicted octanol–water partition coefficient (Wildman–Crippen LogP) is 2.75. The second-order valence-corrected chi connectivity index (χ2v) is 6.58. The molecule has 0 spiro atoms. The maximum absolute atomic E-state index is 14.1. The first-order valence-corrected chi connectivity index (χ1v) is 8.00. The Morgan fingerprint density at radius 1 is 1.24 bits per heavy atom. The maximum atomic E-state index is 14.1. The van der Waals surface area contributed by atoms with Gasteiger partial charge in [0.05, 0.1) is 6.04 Å². The molecule has 0 bridgehead atoms. The summed E-state index contributed by atoms with van der Waals surface area (Å²) in [6, 6.07) is 4.61. The molecule has 1 heterocycles. The summed E-state index contributed by atoms with van der Waals surface area (Å²) in [6.45, 7) is 9.84. The highest BCUT2D eigenvalue weighted by atomic mass is 35.5. The highest BCUT2D eigenvalue weighted by Crippen LogP contribution is 2.26. The third kappa shape index (κ3) is 4.39. The average Bonchev–Trinajstić information content (AvgIpc) is 2.44. The van der Waals surface area contributed by atoms with Crippen LogP contribution in [0, 0.1) is 11.7 Å². The van der Waals surface area contributed by atoms with Crippen LogP contribution in [0.15, 0.2) is 18.2 Å². The lowest BCUT2D eigenvalue weighted by atomic mass is 10.0. The summed E-state index contributed by atoms with van der Waals surface area (Å²) < 4.78 is 14.1. The van der Waals surface area contributed by atoms with Gasteiger partial charge >= 0.3 is 0 Å². The molecule has 1 unspecified atom stereocenters. The van der Waals surface area contributed by atoms with E-state index >= 15 is 0 Å². The summed E-state index contributed by atoms with van der Waals surface area (Å²) in [5, 5.41) is 0.559. The minimum atomic E-state index is -0.223. The van der Waals surface area contributed by atoms with Crippen molar-refractivity contribution in [1.82, 2.24) is 9.80 Å². The molecule has 21 heavy (non-hydrogen) atoms. The van der Waals surface area contributed by atoms with E-state index in [2.05, 4.69) is 23.6 Å². The first kappa shape index (κ1) is 16.7. The Balaban J connectivity index is 2.04. The Morgan fingerprint density at radius 2 is 1.90 bits per heavy atom. The van der Waals surface area contributed by atoms with E-state index in [1.807, 2.05) is 0 Å². The van der Waals surface area contributed by atoms with Gasteiger partial charge in [-0.1, -0.05) is 25.4 Å². The largest absolute Gasteiger partial charge is 0.329 e. The standard InChI is InChI=1S/C16H25ClFN3/c1-12(2)11-20-5-7-21(8-6-20)16(10-19)14-9-13(17)3-4-15(14)18/h3-4,9,12,16H,5-8,10-11,19H2,1-2H3. The topological polar surface area (TPSA) is 32.5 Å². The van der Waals surface area contributed by atoms with Crippen LogP contribution in [0.4, 0.5) is 4.39 Å². The van der Waals surface area contributed by atoms with E-state index in [0.717, 1.165) is 32.7 Å². The van der Waals surface area contributed by atoms with Gasteiger partial charge in [0.25, 0.3) is 0 Å². The molecule has 1 fully saturated rings. The van der Waals surface area contributed by atoms with Crippen LogP contribution in [-0.4, -0.2) is 49.1 Å². The summed E-state index contributed by atoms with van der Waals surface area (Å²) in [4.78, 5) is 4.73. The fraction of sp³-hybridized carbons (Fsp3) is 0.625. The minimum absolute atomic E-state index is 0.0927. The van der Waals surface area contributed by atoms with E-state index < -0.39 is 0 Å². The zero-order chi connectivity index (χ0) is 15.4. The molecule has 0 aliphatic carbocycles. The average molecular weight is 314 g/mol. The van der Waals surface area contributed by atoms with Crippen LogP contribution in [0.3, 0.4) is 0 Å². The molecule has 1 aromatic carbocycles. The monoisotopic (exact) mass is 313 g/mol. The summed E-state index contributed by atoms with van der Waals surface area (Å²) >= 11 is 6.00. The van der Waals surface area contributed by atoms with Crippen molar-refractivity contribution in [3.05, 3.63) is 34.6 Å². The molecule has 0 aromatic heterocycles. The van der Waals surface area contributed by atoms with Crippen LogP contribution in [0.25, 0.3) is 0 Å². The lowest BCUT2D eigenvalue weighted by Gasteiger charge is -2.39. The van der Waals surface area contributed by atoms with Gasteiger partial charge in [-0.05, 0) is 24.1 Å². The van der Waals surface area contributed by atoms with Gasteiger partial charge < -0.3 is 10.6 Å². The van der Waals surface area contributed by atoms with Crippen LogP contribution in [0.1, 0.15) is 25.5 Å². The molecule has 1 aliphatic rings. The van der Waals surface area contributed by atoms with Gasteiger partial charge in [0.1, 0.15) is 5.82 Å². The Bertz CT molecular complexity index is 459. The predicted molar refractivity (Wildman–Crippen MR) is 86.1 cm³/mol. The fourth-order valence-corrected chi connectivity index (χ4v) is 3.20.